The molecular formula is C20H28S4. The van der Waals surface area contributed by atoms with E-state index in [-0.39, 0.29) is 0 Å². The fourth-order valence-electron chi connectivity index (χ4n) is 1.65. The molecule has 0 fully saturated rings. The molecule has 0 nitrogen and oxygen atoms in total. The Morgan fingerprint density at radius 3 is 1.42 bits per heavy atom. The summed E-state index contributed by atoms with van der Waals surface area (Å²) in [6.45, 7) is 0. The molecule has 24 heavy (non-hydrogen) atoms. The molecule has 0 aliphatic carbocycles. The summed E-state index contributed by atoms with van der Waals surface area (Å²) in [5, 5.41) is 4.39. The van der Waals surface area contributed by atoms with Crippen LogP contribution in [0.4, 0.5) is 0 Å². The molecule has 0 saturated heterocycles. The maximum Gasteiger partial charge on any atom is 0.0116 e. The topological polar surface area (TPSA) is 0 Å². The van der Waals surface area contributed by atoms with Gasteiger partial charge >= 0.3 is 0 Å². The first-order valence-electron chi connectivity index (χ1n) is 8.35. The fourth-order valence-corrected chi connectivity index (χ4v) is 4.84. The molecule has 1 aliphatic rings. The molecule has 0 amide bonds. The molecule has 4 heteroatoms. The zero-order chi connectivity index (χ0) is 17.0. The van der Waals surface area contributed by atoms with Crippen LogP contribution in [0.5, 0.6) is 0 Å². The van der Waals surface area contributed by atoms with Gasteiger partial charge < -0.3 is 0 Å². The first-order valence-corrected chi connectivity index (χ1v) is 12.8. The van der Waals surface area contributed by atoms with Crippen molar-refractivity contribution in [1.29, 1.82) is 0 Å². The van der Waals surface area contributed by atoms with Gasteiger partial charge in [0.05, 0.1) is 0 Å². The van der Waals surface area contributed by atoms with Crippen LogP contribution >= 0.6 is 47.0 Å². The van der Waals surface area contributed by atoms with Crippen molar-refractivity contribution in [3.05, 3.63) is 71.6 Å². The molecule has 0 saturated carbocycles. The smallest absolute Gasteiger partial charge is 0.0116 e. The van der Waals surface area contributed by atoms with Gasteiger partial charge in [-0.1, -0.05) is 60.8 Å². The van der Waals surface area contributed by atoms with Gasteiger partial charge in [0, 0.05) is 11.5 Å². The Labute approximate surface area is 165 Å². The molecule has 0 radical (unpaired) electrons. The van der Waals surface area contributed by atoms with Crippen LogP contribution in [0.15, 0.2) is 71.6 Å². The van der Waals surface area contributed by atoms with Gasteiger partial charge in [-0.25, -0.2) is 0 Å². The first kappa shape index (κ1) is 21.9. The lowest BCUT2D eigenvalue weighted by molar-refractivity contribution is 1.13. The lowest BCUT2D eigenvalue weighted by Crippen LogP contribution is -1.83. The predicted octanol–water partition coefficient (Wildman–Crippen LogP) is 6.97. The fraction of sp³-hybridized carbons (Fsp3) is 0.400. The van der Waals surface area contributed by atoms with Gasteiger partial charge in [-0.05, 0) is 46.7 Å². The average molecular weight is 397 g/mol. The summed E-state index contributed by atoms with van der Waals surface area (Å²) in [5.41, 5.74) is 0. The Hall–Kier alpha value is -0.160. The lowest BCUT2D eigenvalue weighted by atomic mass is 10.4. The largest absolute Gasteiger partial charge is 0.158 e. The minimum atomic E-state index is 1.11. The molecule has 0 aromatic rings. The van der Waals surface area contributed by atoms with Gasteiger partial charge in [0.15, 0.2) is 0 Å². The van der Waals surface area contributed by atoms with E-state index in [1.165, 1.54) is 35.9 Å². The van der Waals surface area contributed by atoms with Gasteiger partial charge in [0.1, 0.15) is 0 Å². The molecule has 0 spiro atoms. The molecule has 0 unspecified atom stereocenters. The van der Waals surface area contributed by atoms with E-state index in [2.05, 4.69) is 71.6 Å². The van der Waals surface area contributed by atoms with Crippen molar-refractivity contribution >= 4 is 47.0 Å². The molecule has 1 aliphatic heterocycles. The van der Waals surface area contributed by atoms with Crippen molar-refractivity contribution in [2.75, 3.05) is 34.5 Å². The zero-order valence-corrected chi connectivity index (χ0v) is 17.5. The Morgan fingerprint density at radius 1 is 0.458 bits per heavy atom. The Kier molecular flexibility index (Phi) is 17.5. The highest BCUT2D eigenvalue weighted by Crippen LogP contribution is 2.10. The molecule has 1 rings (SSSR count). The van der Waals surface area contributed by atoms with E-state index in [1.54, 1.807) is 0 Å². The van der Waals surface area contributed by atoms with E-state index in [1.807, 2.05) is 47.0 Å². The monoisotopic (exact) mass is 396 g/mol. The maximum absolute atomic E-state index is 2.24. The van der Waals surface area contributed by atoms with Crippen LogP contribution in [0.3, 0.4) is 0 Å². The SMILES string of the molecule is C1=CC=CSCCCSCC=CC=CC=CSCCCSCC=C1. The van der Waals surface area contributed by atoms with Crippen LogP contribution in [0.1, 0.15) is 12.8 Å². The third-order valence-corrected chi connectivity index (χ3v) is 6.58. The Bertz CT molecular complexity index is 363. The minimum absolute atomic E-state index is 1.11. The molecule has 0 atom stereocenters. The Morgan fingerprint density at radius 2 is 0.917 bits per heavy atom. The van der Waals surface area contributed by atoms with Crippen LogP contribution in [0.25, 0.3) is 0 Å². The molecule has 132 valence electrons. The molecule has 0 aromatic carbocycles. The number of hydrogen-bond donors (Lipinski definition) is 0. The van der Waals surface area contributed by atoms with Gasteiger partial charge in [0.2, 0.25) is 0 Å². The third-order valence-electron chi connectivity index (χ3n) is 2.82. The molecular weight excluding hydrogens is 368 g/mol. The van der Waals surface area contributed by atoms with Gasteiger partial charge in [-0.2, -0.15) is 23.5 Å². The summed E-state index contributed by atoms with van der Waals surface area (Å²) in [6, 6.07) is 0. The summed E-state index contributed by atoms with van der Waals surface area (Å²) in [5.74, 6) is 7.10. The third kappa shape index (κ3) is 16.7. The zero-order valence-electron chi connectivity index (χ0n) is 14.2. The van der Waals surface area contributed by atoms with E-state index in [0.717, 1.165) is 11.5 Å². The van der Waals surface area contributed by atoms with E-state index in [9.17, 15) is 0 Å². The van der Waals surface area contributed by atoms with Gasteiger partial charge in [-0.3, -0.25) is 0 Å². The molecule has 0 aromatic heterocycles. The quantitative estimate of drug-likeness (QED) is 0.433. The minimum Gasteiger partial charge on any atom is -0.158 e. The van der Waals surface area contributed by atoms with E-state index >= 15 is 0 Å². The maximum atomic E-state index is 2.24. The first-order chi connectivity index (χ1) is 12.0. The number of hydrogen-bond acceptors (Lipinski definition) is 4. The van der Waals surface area contributed by atoms with Crippen molar-refractivity contribution < 1.29 is 0 Å². The average Bonchev–Trinajstić information content (AvgIpc) is 2.59. The highest BCUT2D eigenvalue weighted by Gasteiger charge is 1.88. The van der Waals surface area contributed by atoms with Crippen molar-refractivity contribution in [2.24, 2.45) is 0 Å². The van der Waals surface area contributed by atoms with Crippen molar-refractivity contribution in [3.63, 3.8) is 0 Å². The number of thioether (sulfide) groups is 4. The summed E-state index contributed by atoms with van der Waals surface area (Å²) < 4.78 is 0. The summed E-state index contributed by atoms with van der Waals surface area (Å²) in [6.07, 6.45) is 24.0. The van der Waals surface area contributed by atoms with Crippen molar-refractivity contribution in [2.45, 2.75) is 12.8 Å². The van der Waals surface area contributed by atoms with Crippen LogP contribution in [0.2, 0.25) is 0 Å². The summed E-state index contributed by atoms with van der Waals surface area (Å²) in [4.78, 5) is 0. The molecule has 1 heterocycles. The van der Waals surface area contributed by atoms with Crippen molar-refractivity contribution in [1.82, 2.24) is 0 Å². The standard InChI is InChI=1S/C20H28S4/c1-3-7-13-21-17-11-19-23-15-9-5-2-6-10-16-24-20-12-18-22-14-8-4-1/h1-10,13,16H,11-12,14-15,17-20H2. The van der Waals surface area contributed by atoms with Gasteiger partial charge in [0.25, 0.3) is 0 Å². The molecule has 0 N–H and O–H groups in total. The van der Waals surface area contributed by atoms with Crippen LogP contribution in [-0.2, 0) is 0 Å². The molecule has 0 bridgehead atoms. The highest BCUT2D eigenvalue weighted by molar-refractivity contribution is 8.02. The summed E-state index contributed by atoms with van der Waals surface area (Å²) in [7, 11) is 0. The van der Waals surface area contributed by atoms with E-state index in [0.29, 0.717) is 0 Å². The van der Waals surface area contributed by atoms with Crippen molar-refractivity contribution in [3.8, 4) is 0 Å². The van der Waals surface area contributed by atoms with E-state index < -0.39 is 0 Å². The van der Waals surface area contributed by atoms with Gasteiger partial charge in [-0.15, -0.1) is 23.5 Å². The predicted molar refractivity (Wildman–Crippen MR) is 124 cm³/mol. The van der Waals surface area contributed by atoms with E-state index in [4.69, 9.17) is 0 Å². The second-order valence-corrected chi connectivity index (χ2v) is 9.21. The normalized spacial score (nSPS) is 20.0. The second kappa shape index (κ2) is 19.2. The van der Waals surface area contributed by atoms with Crippen LogP contribution < -0.4 is 0 Å². The highest BCUT2D eigenvalue weighted by atomic mass is 32.2. The second-order valence-electron chi connectivity index (χ2n) is 4.88. The number of allylic oxidation sites excluding steroid dienone is 8. The van der Waals surface area contributed by atoms with Crippen LogP contribution in [0, 0.1) is 0 Å². The lowest BCUT2D eigenvalue weighted by Gasteiger charge is -1.96. The summed E-state index contributed by atoms with van der Waals surface area (Å²) >= 11 is 7.81. The van der Waals surface area contributed by atoms with Crippen LogP contribution in [-0.4, -0.2) is 34.5 Å². The number of rotatable bonds is 0. The Balaban J connectivity index is 2.29.